The molecule has 1 aromatic rings. The highest BCUT2D eigenvalue weighted by Gasteiger charge is 2.17. The maximum Gasteiger partial charge on any atom is 0.356 e. The number of hydrogen-bond donors (Lipinski definition) is 1. The molecule has 0 bridgehead atoms. The maximum atomic E-state index is 10.8. The summed E-state index contributed by atoms with van der Waals surface area (Å²) < 4.78 is 0. The van der Waals surface area contributed by atoms with E-state index in [1.807, 2.05) is 11.9 Å². The van der Waals surface area contributed by atoms with Crippen molar-refractivity contribution in [1.82, 2.24) is 9.97 Å². The molecule has 1 aromatic heterocycles. The van der Waals surface area contributed by atoms with Crippen molar-refractivity contribution in [2.45, 2.75) is 32.1 Å². The van der Waals surface area contributed by atoms with Crippen molar-refractivity contribution in [3.63, 3.8) is 0 Å². The van der Waals surface area contributed by atoms with Crippen molar-refractivity contribution in [3.8, 4) is 0 Å². The molecule has 0 atom stereocenters. The maximum absolute atomic E-state index is 10.8. The van der Waals surface area contributed by atoms with E-state index in [1.165, 1.54) is 38.3 Å². The monoisotopic (exact) mass is 249 g/mol. The molecular weight excluding hydrogens is 230 g/mol. The average molecular weight is 249 g/mol. The molecule has 5 heteroatoms. The Labute approximate surface area is 107 Å². The van der Waals surface area contributed by atoms with Crippen LogP contribution in [0.25, 0.3) is 0 Å². The highest BCUT2D eigenvalue weighted by Crippen LogP contribution is 2.25. The molecule has 1 N–H and O–H groups in total. The van der Waals surface area contributed by atoms with Gasteiger partial charge in [0, 0.05) is 13.6 Å². The first-order valence-electron chi connectivity index (χ1n) is 6.43. The van der Waals surface area contributed by atoms with E-state index in [9.17, 15) is 4.79 Å². The fourth-order valence-electron chi connectivity index (χ4n) is 2.49. The molecule has 1 heterocycles. The third-order valence-electron chi connectivity index (χ3n) is 3.49. The van der Waals surface area contributed by atoms with E-state index < -0.39 is 5.97 Å². The summed E-state index contributed by atoms with van der Waals surface area (Å²) >= 11 is 0. The summed E-state index contributed by atoms with van der Waals surface area (Å²) in [5.74, 6) is 0.301. The Hall–Kier alpha value is -1.65. The highest BCUT2D eigenvalue weighted by molar-refractivity contribution is 5.85. The fourth-order valence-corrected chi connectivity index (χ4v) is 2.49. The zero-order valence-electron chi connectivity index (χ0n) is 10.7. The first-order chi connectivity index (χ1) is 8.66. The molecule has 0 saturated heterocycles. The Morgan fingerprint density at radius 2 is 2.11 bits per heavy atom. The number of carboxylic acid groups (broad SMARTS) is 1. The van der Waals surface area contributed by atoms with Crippen LogP contribution in [0.1, 0.15) is 42.6 Å². The van der Waals surface area contributed by atoms with Gasteiger partial charge >= 0.3 is 5.97 Å². The predicted octanol–water partition coefficient (Wildman–Crippen LogP) is 2.19. The Morgan fingerprint density at radius 1 is 1.39 bits per heavy atom. The molecule has 18 heavy (non-hydrogen) atoms. The summed E-state index contributed by atoms with van der Waals surface area (Å²) in [6.45, 7) is 0.928. The molecule has 5 nitrogen and oxygen atoms in total. The number of nitrogens with zero attached hydrogens (tertiary/aromatic N) is 3. The smallest absolute Gasteiger partial charge is 0.356 e. The van der Waals surface area contributed by atoms with Gasteiger partial charge in [0.05, 0.1) is 12.4 Å². The normalized spacial score (nSPS) is 16.5. The molecule has 1 saturated carbocycles. The number of aromatic nitrogens is 2. The Balaban J connectivity index is 2.01. The minimum Gasteiger partial charge on any atom is -0.476 e. The minimum atomic E-state index is -1.03. The number of hydrogen-bond acceptors (Lipinski definition) is 4. The van der Waals surface area contributed by atoms with E-state index in [1.54, 1.807) is 6.20 Å². The molecule has 0 aliphatic heterocycles. The Bertz CT molecular complexity index is 416. The van der Waals surface area contributed by atoms with Gasteiger partial charge in [-0.15, -0.1) is 0 Å². The molecular formula is C13H19N3O2. The van der Waals surface area contributed by atoms with Crippen molar-refractivity contribution < 1.29 is 9.90 Å². The van der Waals surface area contributed by atoms with Crippen molar-refractivity contribution in [3.05, 3.63) is 18.1 Å². The minimum absolute atomic E-state index is 0.00277. The lowest BCUT2D eigenvalue weighted by Crippen LogP contribution is -2.28. The van der Waals surface area contributed by atoms with Gasteiger partial charge in [0.1, 0.15) is 5.82 Å². The van der Waals surface area contributed by atoms with Crippen LogP contribution in [-0.4, -0.2) is 34.6 Å². The van der Waals surface area contributed by atoms with E-state index in [0.717, 1.165) is 6.54 Å². The Kier molecular flexibility index (Phi) is 4.12. The summed E-state index contributed by atoms with van der Waals surface area (Å²) in [5.41, 5.74) is 0.00277. The Morgan fingerprint density at radius 3 is 2.78 bits per heavy atom. The van der Waals surface area contributed by atoms with Crippen molar-refractivity contribution in [2.24, 2.45) is 5.92 Å². The van der Waals surface area contributed by atoms with E-state index in [2.05, 4.69) is 9.97 Å². The molecule has 0 spiro atoms. The van der Waals surface area contributed by atoms with Crippen LogP contribution in [0.15, 0.2) is 12.4 Å². The summed E-state index contributed by atoms with van der Waals surface area (Å²) in [6.07, 6.45) is 9.37. The highest BCUT2D eigenvalue weighted by atomic mass is 16.4. The van der Waals surface area contributed by atoms with Gasteiger partial charge in [-0.1, -0.05) is 19.3 Å². The summed E-state index contributed by atoms with van der Waals surface area (Å²) in [6, 6.07) is 0. The summed E-state index contributed by atoms with van der Waals surface area (Å²) in [4.78, 5) is 20.9. The molecule has 2 rings (SSSR count). The van der Waals surface area contributed by atoms with E-state index >= 15 is 0 Å². The van der Waals surface area contributed by atoms with Crippen LogP contribution in [0.2, 0.25) is 0 Å². The molecule has 0 unspecified atom stereocenters. The second-order valence-corrected chi connectivity index (χ2v) is 4.95. The van der Waals surface area contributed by atoms with E-state index in [4.69, 9.17) is 5.11 Å². The van der Waals surface area contributed by atoms with Crippen LogP contribution in [0.3, 0.4) is 0 Å². The van der Waals surface area contributed by atoms with Gasteiger partial charge in [-0.25, -0.2) is 9.78 Å². The van der Waals surface area contributed by atoms with Gasteiger partial charge in [0.15, 0.2) is 5.69 Å². The van der Waals surface area contributed by atoms with Crippen LogP contribution in [0, 0.1) is 5.92 Å². The molecule has 1 aliphatic rings. The number of carbonyl (C=O) groups is 1. The van der Waals surface area contributed by atoms with Crippen LogP contribution >= 0.6 is 0 Å². The molecule has 98 valence electrons. The number of anilines is 1. The van der Waals surface area contributed by atoms with Crippen molar-refractivity contribution in [2.75, 3.05) is 18.5 Å². The third kappa shape index (κ3) is 3.18. The quantitative estimate of drug-likeness (QED) is 0.886. The fraction of sp³-hybridized carbons (Fsp3) is 0.615. The zero-order chi connectivity index (χ0) is 13.0. The molecule has 0 amide bonds. The van der Waals surface area contributed by atoms with Gasteiger partial charge in [0.25, 0.3) is 0 Å². The van der Waals surface area contributed by atoms with Crippen LogP contribution < -0.4 is 4.90 Å². The van der Waals surface area contributed by atoms with Crippen LogP contribution in [0.4, 0.5) is 5.82 Å². The first kappa shape index (κ1) is 12.8. The van der Waals surface area contributed by atoms with Crippen LogP contribution in [0.5, 0.6) is 0 Å². The lowest BCUT2D eigenvalue weighted by Gasteiger charge is -2.27. The molecule has 1 fully saturated rings. The zero-order valence-corrected chi connectivity index (χ0v) is 10.7. The number of aromatic carboxylic acids is 1. The van der Waals surface area contributed by atoms with Gasteiger partial charge < -0.3 is 10.0 Å². The van der Waals surface area contributed by atoms with Gasteiger partial charge in [-0.2, -0.15) is 0 Å². The standard InChI is InChI=1S/C13H19N3O2/c1-16(9-10-5-3-2-4-6-10)12-8-14-7-11(15-12)13(17)18/h7-8,10H,2-6,9H2,1H3,(H,17,18). The molecule has 1 aliphatic carbocycles. The van der Waals surface area contributed by atoms with E-state index in [-0.39, 0.29) is 5.69 Å². The largest absolute Gasteiger partial charge is 0.476 e. The third-order valence-corrected chi connectivity index (χ3v) is 3.49. The van der Waals surface area contributed by atoms with Gasteiger partial charge in [-0.05, 0) is 18.8 Å². The molecule has 0 radical (unpaired) electrons. The SMILES string of the molecule is CN(CC1CCCCC1)c1cncc(C(=O)O)n1. The van der Waals surface area contributed by atoms with Crippen molar-refractivity contribution >= 4 is 11.8 Å². The number of carboxylic acids is 1. The lowest BCUT2D eigenvalue weighted by molar-refractivity contribution is 0.0690. The average Bonchev–Trinajstić information content (AvgIpc) is 2.40. The number of rotatable bonds is 4. The molecule has 0 aromatic carbocycles. The second kappa shape index (κ2) is 5.80. The van der Waals surface area contributed by atoms with Crippen LogP contribution in [-0.2, 0) is 0 Å². The van der Waals surface area contributed by atoms with E-state index in [0.29, 0.717) is 11.7 Å². The lowest BCUT2D eigenvalue weighted by atomic mass is 9.89. The van der Waals surface area contributed by atoms with Gasteiger partial charge in [0.2, 0.25) is 0 Å². The summed E-state index contributed by atoms with van der Waals surface area (Å²) in [7, 11) is 1.95. The first-order valence-corrected chi connectivity index (χ1v) is 6.43. The summed E-state index contributed by atoms with van der Waals surface area (Å²) in [5, 5.41) is 8.89. The van der Waals surface area contributed by atoms with Crippen molar-refractivity contribution in [1.29, 1.82) is 0 Å². The van der Waals surface area contributed by atoms with Gasteiger partial charge in [-0.3, -0.25) is 4.98 Å². The second-order valence-electron chi connectivity index (χ2n) is 4.95. The topological polar surface area (TPSA) is 66.3 Å². The predicted molar refractivity (Wildman–Crippen MR) is 68.8 cm³/mol.